The average Bonchev–Trinajstić information content (AvgIpc) is 3.41. The number of fused-ring (bicyclic) bond motifs is 1. The molecule has 0 atom stereocenters. The van der Waals surface area contributed by atoms with Gasteiger partial charge in [0, 0.05) is 34.2 Å². The van der Waals surface area contributed by atoms with Crippen LogP contribution in [-0.4, -0.2) is 38.0 Å². The topological polar surface area (TPSA) is 105 Å². The van der Waals surface area contributed by atoms with Gasteiger partial charge in [-0.25, -0.2) is 4.98 Å². The Kier molecular flexibility index (Phi) is 5.29. The van der Waals surface area contributed by atoms with E-state index < -0.39 is 0 Å². The number of H-pyrrole nitrogens is 1. The minimum Gasteiger partial charge on any atom is -0.337 e. The average molecular weight is 430 g/mol. The Morgan fingerprint density at radius 1 is 1.31 bits per heavy atom. The fourth-order valence-electron chi connectivity index (χ4n) is 2.91. The second-order valence-corrected chi connectivity index (χ2v) is 8.78. The van der Waals surface area contributed by atoms with Gasteiger partial charge in [-0.3, -0.25) is 9.59 Å². The second-order valence-electron chi connectivity index (χ2n) is 6.64. The highest BCUT2D eigenvalue weighted by molar-refractivity contribution is 7.19. The van der Waals surface area contributed by atoms with E-state index in [9.17, 15) is 9.59 Å². The number of rotatable bonds is 6. The van der Waals surface area contributed by atoms with Crippen molar-refractivity contribution in [1.29, 1.82) is 0 Å². The highest BCUT2D eigenvalue weighted by Crippen LogP contribution is 2.34. The van der Waals surface area contributed by atoms with E-state index >= 15 is 0 Å². The molecule has 0 saturated heterocycles. The first-order valence-electron chi connectivity index (χ1n) is 9.07. The van der Waals surface area contributed by atoms with Gasteiger partial charge >= 0.3 is 0 Å². The molecular formula is C19H19N5O3S2. The van der Waals surface area contributed by atoms with Gasteiger partial charge in [-0.05, 0) is 19.1 Å². The van der Waals surface area contributed by atoms with E-state index in [1.807, 2.05) is 31.4 Å². The number of thiophene rings is 2. The van der Waals surface area contributed by atoms with Gasteiger partial charge in [0.05, 0.1) is 18.4 Å². The van der Waals surface area contributed by atoms with Crippen LogP contribution in [0, 0.1) is 6.92 Å². The van der Waals surface area contributed by atoms with Gasteiger partial charge in [-0.1, -0.05) is 12.1 Å². The summed E-state index contributed by atoms with van der Waals surface area (Å²) in [4.78, 5) is 41.0. The lowest BCUT2D eigenvalue weighted by atomic mass is 10.2. The van der Waals surface area contributed by atoms with Crippen LogP contribution in [0.25, 0.3) is 20.7 Å². The van der Waals surface area contributed by atoms with E-state index in [2.05, 4.69) is 20.1 Å². The van der Waals surface area contributed by atoms with E-state index in [1.54, 1.807) is 18.4 Å². The smallest absolute Gasteiger partial charge is 0.260 e. The van der Waals surface area contributed by atoms with Crippen LogP contribution >= 0.6 is 22.7 Å². The molecule has 4 rings (SSSR count). The molecular weight excluding hydrogens is 410 g/mol. The second kappa shape index (κ2) is 7.88. The van der Waals surface area contributed by atoms with Crippen LogP contribution in [0.4, 0.5) is 0 Å². The van der Waals surface area contributed by atoms with Crippen LogP contribution in [0.15, 0.2) is 26.8 Å². The molecule has 0 aliphatic carbocycles. The Morgan fingerprint density at radius 2 is 2.14 bits per heavy atom. The van der Waals surface area contributed by atoms with Gasteiger partial charge in [0.2, 0.25) is 11.8 Å². The quantitative estimate of drug-likeness (QED) is 0.505. The molecule has 0 unspecified atom stereocenters. The van der Waals surface area contributed by atoms with Crippen molar-refractivity contribution < 1.29 is 9.32 Å². The SMILES string of the molecule is CCc1noc(CN(C)C(=O)Cc2nc3scc(-c4ccc(C)s4)c3c(=O)[nH]2)n1. The Bertz CT molecular complexity index is 1240. The predicted molar refractivity (Wildman–Crippen MR) is 112 cm³/mol. The van der Waals surface area contributed by atoms with Crippen molar-refractivity contribution in [3.63, 3.8) is 0 Å². The summed E-state index contributed by atoms with van der Waals surface area (Å²) in [7, 11) is 1.65. The van der Waals surface area contributed by atoms with Crippen molar-refractivity contribution in [2.24, 2.45) is 0 Å². The molecule has 4 aromatic rings. The number of aryl methyl sites for hydroxylation is 2. The Morgan fingerprint density at radius 3 is 2.83 bits per heavy atom. The zero-order valence-electron chi connectivity index (χ0n) is 16.2. The Hall–Kier alpha value is -2.85. The summed E-state index contributed by atoms with van der Waals surface area (Å²) in [6.45, 7) is 4.17. The van der Waals surface area contributed by atoms with Crippen LogP contribution in [0.1, 0.15) is 29.3 Å². The normalized spacial score (nSPS) is 11.3. The van der Waals surface area contributed by atoms with Crippen molar-refractivity contribution >= 4 is 38.8 Å². The minimum absolute atomic E-state index is 0.0121. The minimum atomic E-state index is -0.229. The zero-order valence-corrected chi connectivity index (χ0v) is 17.8. The van der Waals surface area contributed by atoms with Crippen molar-refractivity contribution in [3.05, 3.63) is 50.3 Å². The molecule has 150 valence electrons. The molecule has 0 aromatic carbocycles. The molecule has 0 saturated carbocycles. The monoisotopic (exact) mass is 429 g/mol. The van der Waals surface area contributed by atoms with Crippen molar-refractivity contribution in [1.82, 2.24) is 25.0 Å². The molecule has 4 aromatic heterocycles. The third-order valence-corrected chi connectivity index (χ3v) is 6.35. The van der Waals surface area contributed by atoms with Crippen LogP contribution in [0.3, 0.4) is 0 Å². The first-order chi connectivity index (χ1) is 13.9. The van der Waals surface area contributed by atoms with E-state index in [4.69, 9.17) is 4.52 Å². The van der Waals surface area contributed by atoms with Gasteiger partial charge in [0.15, 0.2) is 5.82 Å². The maximum Gasteiger partial charge on any atom is 0.260 e. The van der Waals surface area contributed by atoms with Crippen LogP contribution in [0.5, 0.6) is 0 Å². The zero-order chi connectivity index (χ0) is 20.5. The molecule has 10 heteroatoms. The third kappa shape index (κ3) is 3.99. The fraction of sp³-hybridized carbons (Fsp3) is 0.316. The predicted octanol–water partition coefficient (Wildman–Crippen LogP) is 3.17. The number of aromatic amines is 1. The highest BCUT2D eigenvalue weighted by Gasteiger charge is 2.18. The highest BCUT2D eigenvalue weighted by atomic mass is 32.1. The Balaban J connectivity index is 1.53. The van der Waals surface area contributed by atoms with E-state index in [0.717, 1.165) is 10.4 Å². The summed E-state index contributed by atoms with van der Waals surface area (Å²) in [5.74, 6) is 1.12. The summed E-state index contributed by atoms with van der Waals surface area (Å²) in [5, 5.41) is 6.33. The van der Waals surface area contributed by atoms with E-state index in [0.29, 0.717) is 34.2 Å². The molecule has 29 heavy (non-hydrogen) atoms. The molecule has 0 aliphatic rings. The lowest BCUT2D eigenvalue weighted by Crippen LogP contribution is -2.29. The van der Waals surface area contributed by atoms with Crippen LogP contribution in [0.2, 0.25) is 0 Å². The lowest BCUT2D eigenvalue weighted by molar-refractivity contribution is -0.130. The molecule has 0 aliphatic heterocycles. The number of nitrogens with one attached hydrogen (secondary N) is 1. The van der Waals surface area contributed by atoms with Crippen LogP contribution < -0.4 is 5.56 Å². The number of nitrogens with zero attached hydrogens (tertiary/aromatic N) is 4. The molecule has 4 heterocycles. The maximum atomic E-state index is 12.7. The molecule has 0 fully saturated rings. The van der Waals surface area contributed by atoms with Gasteiger partial charge in [0.25, 0.3) is 5.56 Å². The number of hydrogen-bond donors (Lipinski definition) is 1. The van der Waals surface area contributed by atoms with Gasteiger partial charge < -0.3 is 14.4 Å². The van der Waals surface area contributed by atoms with Crippen molar-refractivity contribution in [2.75, 3.05) is 7.05 Å². The third-order valence-electron chi connectivity index (χ3n) is 4.44. The molecule has 0 radical (unpaired) electrons. The standard InChI is InChI=1S/C19H19N5O3S2/c1-4-13-20-15(27-23-13)8-24(3)16(25)7-14-21-18(26)17-11(9-28-19(17)22-14)12-6-5-10(2)29-12/h5-6,9H,4,7-8H2,1-3H3,(H,21,22,26). The summed E-state index contributed by atoms with van der Waals surface area (Å²) in [6, 6.07) is 4.04. The van der Waals surface area contributed by atoms with E-state index in [-0.39, 0.29) is 24.4 Å². The number of carbonyl (C=O) groups is 1. The number of likely N-dealkylation sites (N-methyl/N-ethyl adjacent to an activating group) is 1. The Labute approximate surface area is 174 Å². The maximum absolute atomic E-state index is 12.7. The first kappa shape index (κ1) is 19.5. The fourth-order valence-corrected chi connectivity index (χ4v) is 4.83. The number of hydrogen-bond acceptors (Lipinski definition) is 8. The summed E-state index contributed by atoms with van der Waals surface area (Å²) >= 11 is 3.04. The molecule has 1 amide bonds. The summed E-state index contributed by atoms with van der Waals surface area (Å²) in [6.07, 6.45) is 0.655. The number of amides is 1. The van der Waals surface area contributed by atoms with Gasteiger partial charge in [-0.2, -0.15) is 4.98 Å². The number of aromatic nitrogens is 4. The summed E-state index contributed by atoms with van der Waals surface area (Å²) < 4.78 is 5.12. The van der Waals surface area contributed by atoms with E-state index in [1.165, 1.54) is 21.1 Å². The largest absolute Gasteiger partial charge is 0.337 e. The molecule has 0 spiro atoms. The summed E-state index contributed by atoms with van der Waals surface area (Å²) in [5.41, 5.74) is 0.655. The van der Waals surface area contributed by atoms with Crippen molar-refractivity contribution in [3.8, 4) is 10.4 Å². The van der Waals surface area contributed by atoms with Gasteiger partial charge in [-0.15, -0.1) is 22.7 Å². The van der Waals surface area contributed by atoms with Gasteiger partial charge in [0.1, 0.15) is 10.7 Å². The number of carbonyl (C=O) groups excluding carboxylic acids is 1. The lowest BCUT2D eigenvalue weighted by Gasteiger charge is -2.14. The van der Waals surface area contributed by atoms with Crippen LogP contribution in [-0.2, 0) is 24.2 Å². The molecule has 1 N–H and O–H groups in total. The molecule has 8 nitrogen and oxygen atoms in total. The molecule has 0 bridgehead atoms. The first-order valence-corrected chi connectivity index (χ1v) is 10.8. The van der Waals surface area contributed by atoms with Crippen molar-refractivity contribution in [2.45, 2.75) is 33.2 Å².